The van der Waals surface area contributed by atoms with Crippen LogP contribution < -0.4 is 15.2 Å². The van der Waals surface area contributed by atoms with Crippen LogP contribution in [0.1, 0.15) is 63.3 Å². The summed E-state index contributed by atoms with van der Waals surface area (Å²) in [5.74, 6) is 0.880. The molecule has 0 spiro atoms. The van der Waals surface area contributed by atoms with E-state index < -0.39 is 12.1 Å². The molecule has 196 valence electrons. The highest BCUT2D eigenvalue weighted by molar-refractivity contribution is 9.10. The molecule has 0 N–H and O–H groups in total. The van der Waals surface area contributed by atoms with Crippen molar-refractivity contribution in [1.29, 1.82) is 0 Å². The number of aromatic nitrogens is 2. The van der Waals surface area contributed by atoms with Gasteiger partial charge in [-0.1, -0.05) is 35.2 Å². The summed E-state index contributed by atoms with van der Waals surface area (Å²) in [6.45, 7) is 3.68. The number of carbonyl (C=O) groups excluding carboxylic acids is 1. The Hall–Kier alpha value is -3.20. The SMILES string of the molecule is CCOC(=O)[C@H](C)Oc1cc(N(C)C)ccc1C=Nn1c(C2CCCCC2)nc2ccc(Br)cc2c1=O. The van der Waals surface area contributed by atoms with Crippen molar-refractivity contribution in [3.63, 3.8) is 0 Å². The topological polar surface area (TPSA) is 86.0 Å². The molecule has 1 fully saturated rings. The van der Waals surface area contributed by atoms with Crippen LogP contribution in [0.2, 0.25) is 0 Å². The molecule has 0 radical (unpaired) electrons. The van der Waals surface area contributed by atoms with E-state index in [0.717, 1.165) is 35.8 Å². The van der Waals surface area contributed by atoms with E-state index in [1.165, 1.54) is 11.1 Å². The molecule has 1 aliphatic rings. The van der Waals surface area contributed by atoms with Crippen molar-refractivity contribution >= 4 is 44.7 Å². The Morgan fingerprint density at radius 1 is 1.22 bits per heavy atom. The fourth-order valence-corrected chi connectivity index (χ4v) is 4.89. The summed E-state index contributed by atoms with van der Waals surface area (Å²) in [6, 6.07) is 11.2. The van der Waals surface area contributed by atoms with Gasteiger partial charge in [-0.3, -0.25) is 4.79 Å². The van der Waals surface area contributed by atoms with E-state index in [-0.39, 0.29) is 18.1 Å². The van der Waals surface area contributed by atoms with Gasteiger partial charge in [0, 0.05) is 41.8 Å². The Morgan fingerprint density at radius 3 is 2.68 bits per heavy atom. The first-order chi connectivity index (χ1) is 17.8. The van der Waals surface area contributed by atoms with Crippen LogP contribution in [0.25, 0.3) is 10.9 Å². The molecule has 1 saturated carbocycles. The summed E-state index contributed by atoms with van der Waals surface area (Å²) < 4.78 is 13.3. The number of nitrogens with zero attached hydrogens (tertiary/aromatic N) is 4. The summed E-state index contributed by atoms with van der Waals surface area (Å²) in [6.07, 6.45) is 6.18. The second-order valence-corrected chi connectivity index (χ2v) is 10.4. The third-order valence-corrected chi connectivity index (χ3v) is 7.05. The van der Waals surface area contributed by atoms with Gasteiger partial charge in [0.2, 0.25) is 0 Å². The molecule has 1 aromatic heterocycles. The van der Waals surface area contributed by atoms with Gasteiger partial charge in [0.05, 0.1) is 23.7 Å². The lowest BCUT2D eigenvalue weighted by Crippen LogP contribution is -2.27. The van der Waals surface area contributed by atoms with Crippen molar-refractivity contribution in [3.05, 3.63) is 62.6 Å². The molecule has 4 rings (SSSR count). The number of fused-ring (bicyclic) bond motifs is 1. The van der Waals surface area contributed by atoms with E-state index in [0.29, 0.717) is 28.0 Å². The maximum Gasteiger partial charge on any atom is 0.347 e. The molecule has 2 aromatic carbocycles. The van der Waals surface area contributed by atoms with Crippen LogP contribution in [0.5, 0.6) is 5.75 Å². The number of halogens is 1. The summed E-state index contributed by atoms with van der Waals surface area (Å²) in [5, 5.41) is 5.15. The van der Waals surface area contributed by atoms with Crippen LogP contribution in [0.15, 0.2) is 50.8 Å². The van der Waals surface area contributed by atoms with Crippen molar-refractivity contribution in [3.8, 4) is 5.75 Å². The van der Waals surface area contributed by atoms with Gasteiger partial charge < -0.3 is 14.4 Å². The molecule has 0 amide bonds. The van der Waals surface area contributed by atoms with Gasteiger partial charge in [-0.2, -0.15) is 9.78 Å². The number of hydrogen-bond donors (Lipinski definition) is 0. The lowest BCUT2D eigenvalue weighted by atomic mass is 9.88. The third kappa shape index (κ3) is 6.21. The van der Waals surface area contributed by atoms with Crippen molar-refractivity contribution in [2.45, 2.75) is 58.0 Å². The van der Waals surface area contributed by atoms with Crippen molar-refractivity contribution in [2.24, 2.45) is 5.10 Å². The standard InChI is InChI=1S/C28H33BrN4O4/c1-5-36-28(35)18(2)37-25-16-22(32(3)4)13-11-20(25)17-30-33-26(19-9-7-6-8-10-19)31-24-14-12-21(29)15-23(24)27(33)34/h11-19H,5-10H2,1-4H3/t18-/m0/s1. The van der Waals surface area contributed by atoms with Crippen LogP contribution in [0.3, 0.4) is 0 Å². The number of esters is 1. The minimum absolute atomic E-state index is 0.169. The monoisotopic (exact) mass is 568 g/mol. The molecule has 1 aliphatic carbocycles. The predicted octanol–water partition coefficient (Wildman–Crippen LogP) is 5.49. The van der Waals surface area contributed by atoms with Gasteiger partial charge in [0.15, 0.2) is 6.10 Å². The molecule has 0 bridgehead atoms. The molecule has 3 aromatic rings. The van der Waals surface area contributed by atoms with E-state index >= 15 is 0 Å². The van der Waals surface area contributed by atoms with Gasteiger partial charge in [0.25, 0.3) is 5.56 Å². The number of anilines is 1. The van der Waals surface area contributed by atoms with Gasteiger partial charge in [-0.25, -0.2) is 9.78 Å². The molecule has 0 unspecified atom stereocenters. The number of rotatable bonds is 8. The Kier molecular flexibility index (Phi) is 8.63. The quantitative estimate of drug-likeness (QED) is 0.264. The maximum absolute atomic E-state index is 13.6. The molecule has 37 heavy (non-hydrogen) atoms. The van der Waals surface area contributed by atoms with Gasteiger partial charge in [-0.15, -0.1) is 0 Å². The maximum atomic E-state index is 13.6. The lowest BCUT2D eigenvalue weighted by Gasteiger charge is -2.23. The highest BCUT2D eigenvalue weighted by Crippen LogP contribution is 2.32. The van der Waals surface area contributed by atoms with E-state index in [9.17, 15) is 9.59 Å². The second kappa shape index (κ2) is 11.9. The van der Waals surface area contributed by atoms with Crippen molar-refractivity contribution < 1.29 is 14.3 Å². The highest BCUT2D eigenvalue weighted by atomic mass is 79.9. The van der Waals surface area contributed by atoms with Gasteiger partial charge in [-0.05, 0) is 57.0 Å². The fourth-order valence-electron chi connectivity index (χ4n) is 4.53. The molecule has 1 atom stereocenters. The van der Waals surface area contributed by atoms with E-state index in [1.54, 1.807) is 26.1 Å². The minimum Gasteiger partial charge on any atom is -0.478 e. The molecule has 1 heterocycles. The summed E-state index contributed by atoms with van der Waals surface area (Å²) in [7, 11) is 3.85. The Bertz CT molecular complexity index is 1360. The average Bonchev–Trinajstić information content (AvgIpc) is 2.89. The van der Waals surface area contributed by atoms with Crippen molar-refractivity contribution in [1.82, 2.24) is 9.66 Å². The summed E-state index contributed by atoms with van der Waals surface area (Å²) >= 11 is 3.46. The summed E-state index contributed by atoms with van der Waals surface area (Å²) in [5.41, 5.74) is 2.00. The second-order valence-electron chi connectivity index (χ2n) is 9.46. The molecule has 9 heteroatoms. The highest BCUT2D eigenvalue weighted by Gasteiger charge is 2.23. The first kappa shape index (κ1) is 26.9. The molecular weight excluding hydrogens is 536 g/mol. The van der Waals surface area contributed by atoms with Crippen LogP contribution >= 0.6 is 15.9 Å². The zero-order valence-electron chi connectivity index (χ0n) is 21.7. The first-order valence-corrected chi connectivity index (χ1v) is 13.5. The zero-order chi connectivity index (χ0) is 26.5. The number of hydrogen-bond acceptors (Lipinski definition) is 7. The number of carbonyl (C=O) groups is 1. The van der Waals surface area contributed by atoms with Crippen LogP contribution in [-0.2, 0) is 9.53 Å². The zero-order valence-corrected chi connectivity index (χ0v) is 23.3. The first-order valence-electron chi connectivity index (χ1n) is 12.7. The smallest absolute Gasteiger partial charge is 0.347 e. The lowest BCUT2D eigenvalue weighted by molar-refractivity contribution is -0.150. The normalized spacial score (nSPS) is 15.2. The number of benzene rings is 2. The Balaban J connectivity index is 1.79. The molecular formula is C28H33BrN4O4. The van der Waals surface area contributed by atoms with Crippen LogP contribution in [0, 0.1) is 0 Å². The minimum atomic E-state index is -0.801. The fraction of sp³-hybridized carbons (Fsp3) is 0.429. The van der Waals surface area contributed by atoms with Crippen LogP contribution in [-0.4, -0.2) is 48.7 Å². The Labute approximate surface area is 225 Å². The number of ether oxygens (including phenoxy) is 2. The predicted molar refractivity (Wildman–Crippen MR) is 150 cm³/mol. The van der Waals surface area contributed by atoms with Crippen molar-refractivity contribution in [2.75, 3.05) is 25.6 Å². The van der Waals surface area contributed by atoms with Crippen LogP contribution in [0.4, 0.5) is 5.69 Å². The third-order valence-electron chi connectivity index (χ3n) is 6.55. The molecule has 8 nitrogen and oxygen atoms in total. The average molecular weight is 570 g/mol. The Morgan fingerprint density at radius 2 is 1.97 bits per heavy atom. The van der Waals surface area contributed by atoms with E-state index in [2.05, 4.69) is 21.0 Å². The largest absolute Gasteiger partial charge is 0.478 e. The van der Waals surface area contributed by atoms with E-state index in [4.69, 9.17) is 14.5 Å². The van der Waals surface area contributed by atoms with E-state index in [1.807, 2.05) is 49.3 Å². The van der Waals surface area contributed by atoms with Gasteiger partial charge in [0.1, 0.15) is 11.6 Å². The molecule has 0 aliphatic heterocycles. The molecule has 0 saturated heterocycles. The summed E-state index contributed by atoms with van der Waals surface area (Å²) in [4.78, 5) is 32.7. The van der Waals surface area contributed by atoms with Gasteiger partial charge >= 0.3 is 5.97 Å².